The molecule has 1 amide bonds. The Labute approximate surface area is 96.8 Å². The van der Waals surface area contributed by atoms with E-state index in [1.54, 1.807) is 13.8 Å². The number of rotatable bonds is 6. The van der Waals surface area contributed by atoms with Gasteiger partial charge in [-0.3, -0.25) is 10.1 Å². The minimum atomic E-state index is -0.665. The quantitative estimate of drug-likeness (QED) is 0.762. The predicted octanol–water partition coefficient (Wildman–Crippen LogP) is 1.25. The van der Waals surface area contributed by atoms with Gasteiger partial charge in [-0.2, -0.15) is 0 Å². The van der Waals surface area contributed by atoms with E-state index in [0.29, 0.717) is 6.54 Å². The lowest BCUT2D eigenvalue weighted by Crippen LogP contribution is -2.50. The average molecular weight is 223 g/mol. The maximum atomic E-state index is 11.1. The second-order valence-electron chi connectivity index (χ2n) is 4.54. The maximum absolute atomic E-state index is 11.1. The van der Waals surface area contributed by atoms with Crippen LogP contribution in [-0.2, 0) is 17.9 Å². The Balaban J connectivity index is 2.60. The molecule has 0 aliphatic heterocycles. The number of hydrogen-bond donors (Lipinski definition) is 2. The summed E-state index contributed by atoms with van der Waals surface area (Å²) < 4.78 is 2.18. The molecule has 3 N–H and O–H groups in total. The summed E-state index contributed by atoms with van der Waals surface area (Å²) in [6.45, 7) is 7.39. The Bertz CT molecular complexity index is 355. The third-order valence-corrected chi connectivity index (χ3v) is 2.72. The van der Waals surface area contributed by atoms with Crippen molar-refractivity contribution in [1.29, 1.82) is 0 Å². The molecule has 0 aliphatic rings. The zero-order chi connectivity index (χ0) is 12.2. The van der Waals surface area contributed by atoms with E-state index in [1.807, 2.05) is 6.07 Å². The summed E-state index contributed by atoms with van der Waals surface area (Å²) in [7, 11) is 0. The SMILES string of the molecule is CCCn1cccc1CNC(C)(C)C(N)=O. The molecule has 0 aliphatic carbocycles. The standard InChI is InChI=1S/C12H21N3O/c1-4-7-15-8-5-6-10(15)9-14-12(2,3)11(13)16/h5-6,8,14H,4,7,9H2,1-3H3,(H2,13,16). The zero-order valence-electron chi connectivity index (χ0n) is 10.3. The van der Waals surface area contributed by atoms with E-state index >= 15 is 0 Å². The molecule has 1 aromatic rings. The van der Waals surface area contributed by atoms with Gasteiger partial charge in [0.1, 0.15) is 0 Å². The lowest BCUT2D eigenvalue weighted by molar-refractivity contribution is -0.123. The van der Waals surface area contributed by atoms with Crippen LogP contribution in [0, 0.1) is 0 Å². The lowest BCUT2D eigenvalue weighted by atomic mass is 10.1. The second kappa shape index (κ2) is 5.16. The highest BCUT2D eigenvalue weighted by molar-refractivity contribution is 5.83. The number of carbonyl (C=O) groups excluding carboxylic acids is 1. The zero-order valence-corrected chi connectivity index (χ0v) is 10.3. The normalized spacial score (nSPS) is 11.7. The fourth-order valence-corrected chi connectivity index (χ4v) is 1.47. The van der Waals surface area contributed by atoms with Crippen molar-refractivity contribution in [3.63, 3.8) is 0 Å². The van der Waals surface area contributed by atoms with Crippen molar-refractivity contribution in [3.8, 4) is 0 Å². The molecule has 0 atom stereocenters. The number of carbonyl (C=O) groups is 1. The van der Waals surface area contributed by atoms with Crippen LogP contribution < -0.4 is 11.1 Å². The Morgan fingerprint density at radius 2 is 2.25 bits per heavy atom. The highest BCUT2D eigenvalue weighted by atomic mass is 16.1. The summed E-state index contributed by atoms with van der Waals surface area (Å²) in [5.74, 6) is -0.332. The van der Waals surface area contributed by atoms with Crippen LogP contribution in [0.5, 0.6) is 0 Å². The van der Waals surface area contributed by atoms with Crippen LogP contribution in [-0.4, -0.2) is 16.0 Å². The largest absolute Gasteiger partial charge is 0.368 e. The van der Waals surface area contributed by atoms with E-state index in [9.17, 15) is 4.79 Å². The van der Waals surface area contributed by atoms with Gasteiger partial charge in [-0.05, 0) is 32.4 Å². The van der Waals surface area contributed by atoms with E-state index in [2.05, 4.69) is 29.1 Å². The van der Waals surface area contributed by atoms with Crippen molar-refractivity contribution in [2.24, 2.45) is 5.73 Å². The smallest absolute Gasteiger partial charge is 0.237 e. The third-order valence-electron chi connectivity index (χ3n) is 2.72. The van der Waals surface area contributed by atoms with Crippen molar-refractivity contribution in [2.45, 2.75) is 45.8 Å². The molecule has 0 unspecified atom stereocenters. The molecule has 0 saturated heterocycles. The summed E-state index contributed by atoms with van der Waals surface area (Å²) in [5.41, 5.74) is 5.81. The minimum absolute atomic E-state index is 0.332. The summed E-state index contributed by atoms with van der Waals surface area (Å²) in [5, 5.41) is 3.16. The van der Waals surface area contributed by atoms with E-state index < -0.39 is 5.54 Å². The summed E-state index contributed by atoms with van der Waals surface area (Å²) in [6, 6.07) is 4.07. The first-order chi connectivity index (χ1) is 7.47. The summed E-state index contributed by atoms with van der Waals surface area (Å²) in [6.07, 6.45) is 3.15. The highest BCUT2D eigenvalue weighted by Gasteiger charge is 2.23. The first kappa shape index (κ1) is 12.8. The molecule has 0 fully saturated rings. The van der Waals surface area contributed by atoms with Gasteiger partial charge in [-0.1, -0.05) is 6.92 Å². The summed E-state index contributed by atoms with van der Waals surface area (Å²) in [4.78, 5) is 11.1. The minimum Gasteiger partial charge on any atom is -0.368 e. The maximum Gasteiger partial charge on any atom is 0.237 e. The highest BCUT2D eigenvalue weighted by Crippen LogP contribution is 2.07. The van der Waals surface area contributed by atoms with Gasteiger partial charge in [0.2, 0.25) is 5.91 Å². The Hall–Kier alpha value is -1.29. The van der Waals surface area contributed by atoms with Crippen molar-refractivity contribution in [1.82, 2.24) is 9.88 Å². The van der Waals surface area contributed by atoms with E-state index in [0.717, 1.165) is 13.0 Å². The van der Waals surface area contributed by atoms with Gasteiger partial charge < -0.3 is 10.3 Å². The van der Waals surface area contributed by atoms with Crippen LogP contribution in [0.1, 0.15) is 32.9 Å². The summed E-state index contributed by atoms with van der Waals surface area (Å²) >= 11 is 0. The number of aromatic nitrogens is 1. The molecule has 1 aromatic heterocycles. The molecule has 90 valence electrons. The van der Waals surface area contributed by atoms with Gasteiger partial charge in [0.05, 0.1) is 5.54 Å². The van der Waals surface area contributed by atoms with E-state index in [-0.39, 0.29) is 5.91 Å². The topological polar surface area (TPSA) is 60.1 Å². The molecular weight excluding hydrogens is 202 g/mol. The fourth-order valence-electron chi connectivity index (χ4n) is 1.47. The molecule has 16 heavy (non-hydrogen) atoms. The molecule has 4 heteroatoms. The average Bonchev–Trinajstić information content (AvgIpc) is 2.63. The third kappa shape index (κ3) is 3.10. The number of aryl methyl sites for hydroxylation is 1. The van der Waals surface area contributed by atoms with Gasteiger partial charge in [-0.15, -0.1) is 0 Å². The van der Waals surface area contributed by atoms with Crippen LogP contribution >= 0.6 is 0 Å². The van der Waals surface area contributed by atoms with Crippen LogP contribution in [0.4, 0.5) is 0 Å². The van der Waals surface area contributed by atoms with Crippen LogP contribution in [0.2, 0.25) is 0 Å². The van der Waals surface area contributed by atoms with E-state index in [1.165, 1.54) is 5.69 Å². The number of nitrogens with zero attached hydrogens (tertiary/aromatic N) is 1. The monoisotopic (exact) mass is 223 g/mol. The van der Waals surface area contributed by atoms with Crippen LogP contribution in [0.15, 0.2) is 18.3 Å². The Morgan fingerprint density at radius 3 is 2.81 bits per heavy atom. The molecule has 0 saturated carbocycles. The number of nitrogens with one attached hydrogen (secondary N) is 1. The van der Waals surface area contributed by atoms with Crippen molar-refractivity contribution in [3.05, 3.63) is 24.0 Å². The van der Waals surface area contributed by atoms with E-state index in [4.69, 9.17) is 5.73 Å². The predicted molar refractivity (Wildman–Crippen MR) is 64.8 cm³/mol. The Kier molecular flexibility index (Phi) is 4.12. The van der Waals surface area contributed by atoms with Crippen molar-refractivity contribution in [2.75, 3.05) is 0 Å². The van der Waals surface area contributed by atoms with Crippen molar-refractivity contribution < 1.29 is 4.79 Å². The lowest BCUT2D eigenvalue weighted by Gasteiger charge is -2.22. The Morgan fingerprint density at radius 1 is 1.56 bits per heavy atom. The molecule has 0 spiro atoms. The fraction of sp³-hybridized carbons (Fsp3) is 0.583. The number of primary amides is 1. The molecule has 4 nitrogen and oxygen atoms in total. The second-order valence-corrected chi connectivity index (χ2v) is 4.54. The molecule has 1 rings (SSSR count). The van der Waals surface area contributed by atoms with Gasteiger partial charge in [-0.25, -0.2) is 0 Å². The number of amides is 1. The molecule has 0 aromatic carbocycles. The van der Waals surface area contributed by atoms with Gasteiger partial charge >= 0.3 is 0 Å². The molecular formula is C12H21N3O. The first-order valence-electron chi connectivity index (χ1n) is 5.66. The molecule has 0 radical (unpaired) electrons. The van der Waals surface area contributed by atoms with Gasteiger partial charge in [0.25, 0.3) is 0 Å². The first-order valence-corrected chi connectivity index (χ1v) is 5.66. The van der Waals surface area contributed by atoms with Gasteiger partial charge in [0, 0.05) is 25.0 Å². The van der Waals surface area contributed by atoms with Crippen molar-refractivity contribution >= 4 is 5.91 Å². The number of nitrogens with two attached hydrogens (primary N) is 1. The van der Waals surface area contributed by atoms with Crippen LogP contribution in [0.3, 0.4) is 0 Å². The molecule has 0 bridgehead atoms. The van der Waals surface area contributed by atoms with Gasteiger partial charge in [0.15, 0.2) is 0 Å². The van der Waals surface area contributed by atoms with Crippen LogP contribution in [0.25, 0.3) is 0 Å². The number of hydrogen-bond acceptors (Lipinski definition) is 2. The molecule has 1 heterocycles.